The number of carbonyl (C=O) groups excluding carboxylic acids is 1. The first-order valence-corrected chi connectivity index (χ1v) is 6.41. The van der Waals surface area contributed by atoms with E-state index in [-0.39, 0.29) is 11.9 Å². The number of nitrogen functional groups attached to an aromatic ring is 1. The van der Waals surface area contributed by atoms with Crippen LogP contribution in [-0.4, -0.2) is 10.9 Å². The molecule has 1 aromatic carbocycles. The van der Waals surface area contributed by atoms with Gasteiger partial charge in [-0.2, -0.15) is 0 Å². The number of hydrogen-bond acceptors (Lipinski definition) is 4. The zero-order valence-electron chi connectivity index (χ0n) is 11.6. The SMILES string of the molecule is Cc1ccccc1C(C)NC(=O)c1cc(NN)ccn1. The van der Waals surface area contributed by atoms with Gasteiger partial charge in [0, 0.05) is 6.20 Å². The van der Waals surface area contributed by atoms with Gasteiger partial charge in [0.25, 0.3) is 5.91 Å². The molecule has 0 fully saturated rings. The maximum absolute atomic E-state index is 12.2. The molecule has 1 atom stereocenters. The summed E-state index contributed by atoms with van der Waals surface area (Å²) >= 11 is 0. The number of amides is 1. The van der Waals surface area contributed by atoms with Crippen LogP contribution in [0.4, 0.5) is 5.69 Å². The second-order valence-corrected chi connectivity index (χ2v) is 4.63. The molecule has 20 heavy (non-hydrogen) atoms. The Morgan fingerprint density at radius 2 is 2.05 bits per heavy atom. The summed E-state index contributed by atoms with van der Waals surface area (Å²) in [6, 6.07) is 11.2. The monoisotopic (exact) mass is 270 g/mol. The molecule has 4 N–H and O–H groups in total. The van der Waals surface area contributed by atoms with Gasteiger partial charge >= 0.3 is 0 Å². The van der Waals surface area contributed by atoms with Crippen molar-refractivity contribution in [3.63, 3.8) is 0 Å². The lowest BCUT2D eigenvalue weighted by Crippen LogP contribution is -2.28. The van der Waals surface area contributed by atoms with E-state index in [4.69, 9.17) is 5.84 Å². The molecular formula is C15H18N4O. The first kappa shape index (κ1) is 14.0. The van der Waals surface area contributed by atoms with E-state index in [0.717, 1.165) is 11.1 Å². The molecule has 0 bridgehead atoms. The number of rotatable bonds is 4. The molecule has 104 valence electrons. The molecule has 5 heteroatoms. The van der Waals surface area contributed by atoms with Crippen molar-refractivity contribution in [2.24, 2.45) is 5.84 Å². The number of hydrogen-bond donors (Lipinski definition) is 3. The van der Waals surface area contributed by atoms with Crippen molar-refractivity contribution in [2.75, 3.05) is 5.43 Å². The summed E-state index contributed by atoms with van der Waals surface area (Å²) < 4.78 is 0. The van der Waals surface area contributed by atoms with Gasteiger partial charge in [-0.05, 0) is 37.1 Å². The zero-order chi connectivity index (χ0) is 14.5. The fourth-order valence-corrected chi connectivity index (χ4v) is 2.07. The number of nitrogens with two attached hydrogens (primary N) is 1. The molecule has 0 spiro atoms. The first-order chi connectivity index (χ1) is 9.61. The lowest BCUT2D eigenvalue weighted by atomic mass is 10.0. The molecule has 0 saturated carbocycles. The number of hydrazine groups is 1. The molecule has 2 rings (SSSR count). The third kappa shape index (κ3) is 3.13. The van der Waals surface area contributed by atoms with Gasteiger partial charge in [0.1, 0.15) is 5.69 Å². The number of nitrogens with zero attached hydrogens (tertiary/aromatic N) is 1. The van der Waals surface area contributed by atoms with Gasteiger partial charge in [0.05, 0.1) is 11.7 Å². The van der Waals surface area contributed by atoms with Crippen LogP contribution >= 0.6 is 0 Å². The van der Waals surface area contributed by atoms with Gasteiger partial charge in [-0.3, -0.25) is 15.6 Å². The molecule has 1 heterocycles. The zero-order valence-corrected chi connectivity index (χ0v) is 11.6. The predicted molar refractivity (Wildman–Crippen MR) is 79.1 cm³/mol. The lowest BCUT2D eigenvalue weighted by molar-refractivity contribution is 0.0935. The Hall–Kier alpha value is -2.40. The van der Waals surface area contributed by atoms with E-state index < -0.39 is 0 Å². The summed E-state index contributed by atoms with van der Waals surface area (Å²) in [6.07, 6.45) is 1.54. The quantitative estimate of drug-likeness (QED) is 0.587. The van der Waals surface area contributed by atoms with E-state index >= 15 is 0 Å². The molecule has 5 nitrogen and oxygen atoms in total. The van der Waals surface area contributed by atoms with Gasteiger partial charge in [0.15, 0.2) is 0 Å². The Morgan fingerprint density at radius 1 is 1.30 bits per heavy atom. The van der Waals surface area contributed by atoms with Crippen LogP contribution in [0.2, 0.25) is 0 Å². The molecule has 2 aromatic rings. The second-order valence-electron chi connectivity index (χ2n) is 4.63. The highest BCUT2D eigenvalue weighted by atomic mass is 16.1. The van der Waals surface area contributed by atoms with E-state index in [2.05, 4.69) is 15.7 Å². The molecular weight excluding hydrogens is 252 g/mol. The Kier molecular flexibility index (Phi) is 4.32. The predicted octanol–water partition coefficient (Wildman–Crippen LogP) is 2.17. The van der Waals surface area contributed by atoms with Crippen molar-refractivity contribution in [2.45, 2.75) is 19.9 Å². The number of carbonyl (C=O) groups is 1. The summed E-state index contributed by atoms with van der Waals surface area (Å²) in [7, 11) is 0. The fraction of sp³-hybridized carbons (Fsp3) is 0.200. The minimum absolute atomic E-state index is 0.0833. The Balaban J connectivity index is 2.13. The summed E-state index contributed by atoms with van der Waals surface area (Å²) in [5, 5.41) is 2.93. The van der Waals surface area contributed by atoms with Crippen LogP contribution in [0.15, 0.2) is 42.6 Å². The van der Waals surface area contributed by atoms with E-state index in [9.17, 15) is 4.79 Å². The maximum atomic E-state index is 12.2. The van der Waals surface area contributed by atoms with Gasteiger partial charge in [-0.25, -0.2) is 0 Å². The van der Waals surface area contributed by atoms with E-state index in [0.29, 0.717) is 11.4 Å². The molecule has 1 amide bonds. The highest BCUT2D eigenvalue weighted by molar-refractivity contribution is 5.93. The third-order valence-electron chi connectivity index (χ3n) is 3.16. The van der Waals surface area contributed by atoms with Crippen LogP contribution in [0.3, 0.4) is 0 Å². The average molecular weight is 270 g/mol. The Bertz CT molecular complexity index is 612. The normalized spacial score (nSPS) is 11.8. The van der Waals surface area contributed by atoms with Crippen molar-refractivity contribution >= 4 is 11.6 Å². The number of benzene rings is 1. The minimum atomic E-state index is -0.224. The molecule has 0 aliphatic heterocycles. The summed E-state index contributed by atoms with van der Waals surface area (Å²) in [5.74, 6) is 5.10. The number of aromatic nitrogens is 1. The summed E-state index contributed by atoms with van der Waals surface area (Å²) in [5.41, 5.74) is 5.71. The van der Waals surface area contributed by atoms with Gasteiger partial charge in [-0.15, -0.1) is 0 Å². The van der Waals surface area contributed by atoms with E-state index in [1.807, 2.05) is 38.1 Å². The van der Waals surface area contributed by atoms with Crippen LogP contribution < -0.4 is 16.6 Å². The van der Waals surface area contributed by atoms with Crippen LogP contribution in [0.5, 0.6) is 0 Å². The van der Waals surface area contributed by atoms with Crippen LogP contribution in [0.25, 0.3) is 0 Å². The molecule has 0 aliphatic rings. The van der Waals surface area contributed by atoms with Crippen molar-refractivity contribution in [3.05, 3.63) is 59.4 Å². The van der Waals surface area contributed by atoms with Crippen molar-refractivity contribution in [1.29, 1.82) is 0 Å². The Morgan fingerprint density at radius 3 is 2.75 bits per heavy atom. The van der Waals surface area contributed by atoms with Gasteiger partial charge < -0.3 is 10.7 Å². The molecule has 0 saturated heterocycles. The fourth-order valence-electron chi connectivity index (χ4n) is 2.07. The number of nitrogens with one attached hydrogen (secondary N) is 2. The first-order valence-electron chi connectivity index (χ1n) is 6.41. The molecule has 0 radical (unpaired) electrons. The maximum Gasteiger partial charge on any atom is 0.270 e. The van der Waals surface area contributed by atoms with Crippen LogP contribution in [-0.2, 0) is 0 Å². The number of aryl methyl sites for hydroxylation is 1. The summed E-state index contributed by atoms with van der Waals surface area (Å²) in [4.78, 5) is 16.2. The Labute approximate surface area is 118 Å². The van der Waals surface area contributed by atoms with Crippen LogP contribution in [0, 0.1) is 6.92 Å². The number of anilines is 1. The average Bonchev–Trinajstić information content (AvgIpc) is 2.47. The third-order valence-corrected chi connectivity index (χ3v) is 3.16. The molecule has 1 aromatic heterocycles. The van der Waals surface area contributed by atoms with Gasteiger partial charge in [-0.1, -0.05) is 24.3 Å². The number of pyridine rings is 1. The highest BCUT2D eigenvalue weighted by Gasteiger charge is 2.14. The largest absolute Gasteiger partial charge is 0.344 e. The van der Waals surface area contributed by atoms with Crippen molar-refractivity contribution < 1.29 is 4.79 Å². The van der Waals surface area contributed by atoms with E-state index in [1.165, 1.54) is 0 Å². The van der Waals surface area contributed by atoms with Crippen molar-refractivity contribution in [1.82, 2.24) is 10.3 Å². The van der Waals surface area contributed by atoms with Gasteiger partial charge in [0.2, 0.25) is 0 Å². The minimum Gasteiger partial charge on any atom is -0.344 e. The molecule has 1 unspecified atom stereocenters. The van der Waals surface area contributed by atoms with Crippen molar-refractivity contribution in [3.8, 4) is 0 Å². The summed E-state index contributed by atoms with van der Waals surface area (Å²) in [6.45, 7) is 3.97. The second kappa shape index (κ2) is 6.16. The van der Waals surface area contributed by atoms with E-state index in [1.54, 1.807) is 18.3 Å². The topological polar surface area (TPSA) is 80.0 Å². The highest BCUT2D eigenvalue weighted by Crippen LogP contribution is 2.17. The smallest absolute Gasteiger partial charge is 0.270 e. The standard InChI is InChI=1S/C15H18N4O/c1-10-5-3-4-6-13(10)11(2)18-15(20)14-9-12(19-16)7-8-17-14/h3-9,11H,16H2,1-2H3,(H,17,19)(H,18,20). The molecule has 0 aliphatic carbocycles. The van der Waals surface area contributed by atoms with Crippen LogP contribution in [0.1, 0.15) is 34.6 Å². The lowest BCUT2D eigenvalue weighted by Gasteiger charge is -2.16.